The van der Waals surface area contributed by atoms with E-state index in [0.29, 0.717) is 23.3 Å². The van der Waals surface area contributed by atoms with Gasteiger partial charge in [0, 0.05) is 18.6 Å². The fourth-order valence-corrected chi connectivity index (χ4v) is 7.34. The lowest BCUT2D eigenvalue weighted by atomic mass is 9.84. The van der Waals surface area contributed by atoms with E-state index in [4.69, 9.17) is 5.73 Å². The van der Waals surface area contributed by atoms with Gasteiger partial charge in [-0.3, -0.25) is 5.32 Å². The van der Waals surface area contributed by atoms with E-state index in [2.05, 4.69) is 52.8 Å². The van der Waals surface area contributed by atoms with Crippen LogP contribution in [-0.2, 0) is 0 Å². The third-order valence-electron chi connectivity index (χ3n) is 6.64. The monoisotopic (exact) mass is 454 g/mol. The first-order valence-electron chi connectivity index (χ1n) is 11.4. The molecule has 0 spiro atoms. The Bertz CT molecular complexity index is 647. The summed E-state index contributed by atoms with van der Waals surface area (Å²) >= 11 is 3.52. The average Bonchev–Trinajstić information content (AvgIpc) is 3.24. The molecule has 8 atom stereocenters. The number of aliphatic hydroxyl groups excluding tert-OH is 1. The van der Waals surface area contributed by atoms with E-state index in [1.165, 1.54) is 23.4 Å². The van der Waals surface area contributed by atoms with Crippen molar-refractivity contribution in [3.63, 3.8) is 0 Å². The SMILES string of the molecule is CC/C=C\CC(C)C1NNC(NC(O)C2SC3=C(CC4CNCCCC4N3)C2N)S1. The van der Waals surface area contributed by atoms with Crippen molar-refractivity contribution in [3.8, 4) is 0 Å². The molecule has 0 amide bonds. The summed E-state index contributed by atoms with van der Waals surface area (Å²) in [5.41, 5.74) is 14.5. The molecule has 4 heterocycles. The number of rotatable bonds is 7. The van der Waals surface area contributed by atoms with E-state index in [9.17, 15) is 5.11 Å². The Morgan fingerprint density at radius 3 is 3.03 bits per heavy atom. The number of thioether (sulfide) groups is 2. The molecule has 0 saturated carbocycles. The highest BCUT2D eigenvalue weighted by atomic mass is 32.2. The van der Waals surface area contributed by atoms with Crippen molar-refractivity contribution >= 4 is 23.5 Å². The van der Waals surface area contributed by atoms with Crippen LogP contribution in [0.25, 0.3) is 0 Å². The summed E-state index contributed by atoms with van der Waals surface area (Å²) in [6, 6.07) is 0.417. The first-order chi connectivity index (χ1) is 14.6. The van der Waals surface area contributed by atoms with Gasteiger partial charge in [0.2, 0.25) is 0 Å². The molecule has 0 radical (unpaired) electrons. The van der Waals surface area contributed by atoms with Crippen LogP contribution in [0.2, 0.25) is 0 Å². The molecule has 2 saturated heterocycles. The molecule has 170 valence electrons. The van der Waals surface area contributed by atoms with Crippen molar-refractivity contribution in [1.29, 1.82) is 0 Å². The molecule has 0 aromatic heterocycles. The second-order valence-electron chi connectivity index (χ2n) is 8.95. The lowest BCUT2D eigenvalue weighted by molar-refractivity contribution is 0.121. The maximum atomic E-state index is 11.0. The van der Waals surface area contributed by atoms with Crippen LogP contribution in [0.15, 0.2) is 22.8 Å². The van der Waals surface area contributed by atoms with Crippen LogP contribution >= 0.6 is 23.5 Å². The second kappa shape index (κ2) is 10.6. The topological polar surface area (TPSA) is 106 Å². The van der Waals surface area contributed by atoms with Crippen molar-refractivity contribution in [2.75, 3.05) is 13.1 Å². The third-order valence-corrected chi connectivity index (χ3v) is 9.49. The Morgan fingerprint density at radius 1 is 1.33 bits per heavy atom. The number of hydrogen-bond acceptors (Lipinski definition) is 9. The van der Waals surface area contributed by atoms with Crippen LogP contribution in [0.1, 0.15) is 46.0 Å². The number of nitrogens with two attached hydrogens (primary N) is 1. The fourth-order valence-electron chi connectivity index (χ4n) is 4.80. The summed E-state index contributed by atoms with van der Waals surface area (Å²) in [6.07, 6.45) is 9.41. The summed E-state index contributed by atoms with van der Waals surface area (Å²) < 4.78 is 0. The standard InChI is InChI=1S/C21H38N6OS2/c1-3-4-5-7-12(2)19-26-27-21(30-19)25-18(28)17-16(22)14-10-13-11-23-9-6-8-15(13)24-20(14)29-17/h4-5,12-13,15-19,21,23-28H,3,6-11,22H2,1-2H3/b5-4-. The summed E-state index contributed by atoms with van der Waals surface area (Å²) in [4.78, 5) is 0. The number of nitrogens with one attached hydrogen (secondary N) is 5. The zero-order valence-electron chi connectivity index (χ0n) is 18.1. The van der Waals surface area contributed by atoms with Gasteiger partial charge in [-0.25, -0.2) is 10.9 Å². The molecule has 30 heavy (non-hydrogen) atoms. The van der Waals surface area contributed by atoms with Crippen LogP contribution in [0.3, 0.4) is 0 Å². The molecular weight excluding hydrogens is 416 g/mol. The molecule has 0 bridgehead atoms. The van der Waals surface area contributed by atoms with Gasteiger partial charge in [-0.15, -0.1) is 11.8 Å². The molecule has 4 aliphatic heterocycles. The number of hydrogen-bond donors (Lipinski definition) is 7. The molecule has 8 unspecified atom stereocenters. The third kappa shape index (κ3) is 5.20. The smallest absolute Gasteiger partial charge is 0.122 e. The van der Waals surface area contributed by atoms with Gasteiger partial charge in [0.15, 0.2) is 0 Å². The number of hydrazine groups is 1. The average molecular weight is 455 g/mol. The van der Waals surface area contributed by atoms with Gasteiger partial charge < -0.3 is 21.5 Å². The van der Waals surface area contributed by atoms with Crippen LogP contribution < -0.4 is 32.5 Å². The number of fused-ring (bicyclic) bond motifs is 1. The van der Waals surface area contributed by atoms with Crippen LogP contribution in [0.4, 0.5) is 0 Å². The molecule has 7 nitrogen and oxygen atoms in total. The first kappa shape index (κ1) is 22.9. The van der Waals surface area contributed by atoms with Crippen LogP contribution in [0, 0.1) is 11.8 Å². The Balaban J connectivity index is 1.28. The highest BCUT2D eigenvalue weighted by Gasteiger charge is 2.44. The highest BCUT2D eigenvalue weighted by Crippen LogP contribution is 2.44. The summed E-state index contributed by atoms with van der Waals surface area (Å²) in [6.45, 7) is 6.58. The van der Waals surface area contributed by atoms with Gasteiger partial charge in [0.1, 0.15) is 11.7 Å². The molecule has 4 rings (SSSR count). The quantitative estimate of drug-likeness (QED) is 0.227. The molecule has 2 fully saturated rings. The minimum absolute atomic E-state index is 0.0312. The number of aliphatic hydroxyl groups is 1. The van der Waals surface area contributed by atoms with Crippen molar-refractivity contribution < 1.29 is 5.11 Å². The Labute approximate surface area is 189 Å². The molecular formula is C21H38N6OS2. The lowest BCUT2D eigenvalue weighted by Gasteiger charge is -2.33. The van der Waals surface area contributed by atoms with E-state index in [1.807, 2.05) is 0 Å². The molecule has 0 aromatic rings. The number of allylic oxidation sites excluding steroid dienone is 2. The maximum absolute atomic E-state index is 11.0. The molecule has 9 heteroatoms. The van der Waals surface area contributed by atoms with Crippen LogP contribution in [-0.4, -0.2) is 52.6 Å². The normalized spacial score (nSPS) is 38.8. The predicted octanol–water partition coefficient (Wildman–Crippen LogP) is 1.35. The van der Waals surface area contributed by atoms with Crippen molar-refractivity contribution in [3.05, 3.63) is 22.8 Å². The Kier molecular flexibility index (Phi) is 8.08. The van der Waals surface area contributed by atoms with Gasteiger partial charge in [-0.1, -0.05) is 37.8 Å². The minimum Gasteiger partial charge on any atom is -0.377 e. The largest absolute Gasteiger partial charge is 0.377 e. The Hall–Kier alpha value is -0.260. The predicted molar refractivity (Wildman–Crippen MR) is 127 cm³/mol. The summed E-state index contributed by atoms with van der Waals surface area (Å²) in [5.74, 6) is 1.11. The van der Waals surface area contributed by atoms with Crippen LogP contribution in [0.5, 0.6) is 0 Å². The van der Waals surface area contributed by atoms with E-state index in [-0.39, 0.29) is 16.8 Å². The van der Waals surface area contributed by atoms with Gasteiger partial charge >= 0.3 is 0 Å². The van der Waals surface area contributed by atoms with Gasteiger partial charge in [0.25, 0.3) is 0 Å². The zero-order valence-corrected chi connectivity index (χ0v) is 19.7. The Morgan fingerprint density at radius 2 is 2.20 bits per heavy atom. The second-order valence-corrected chi connectivity index (χ2v) is 11.4. The maximum Gasteiger partial charge on any atom is 0.122 e. The summed E-state index contributed by atoms with van der Waals surface area (Å²) in [5, 5.41) is 23.1. The van der Waals surface area contributed by atoms with E-state index in [0.717, 1.165) is 32.4 Å². The fraction of sp³-hybridized carbons (Fsp3) is 0.810. The molecule has 0 aliphatic carbocycles. The van der Waals surface area contributed by atoms with E-state index < -0.39 is 6.23 Å². The van der Waals surface area contributed by atoms with Crippen molar-refractivity contribution in [2.45, 2.75) is 80.4 Å². The van der Waals surface area contributed by atoms with E-state index >= 15 is 0 Å². The minimum atomic E-state index is -0.666. The van der Waals surface area contributed by atoms with Crippen molar-refractivity contribution in [2.24, 2.45) is 17.6 Å². The van der Waals surface area contributed by atoms with E-state index in [1.54, 1.807) is 23.5 Å². The van der Waals surface area contributed by atoms with Gasteiger partial charge in [-0.05, 0) is 56.1 Å². The highest BCUT2D eigenvalue weighted by molar-refractivity contribution is 8.04. The molecule has 8 N–H and O–H groups in total. The van der Waals surface area contributed by atoms with Gasteiger partial charge in [-0.2, -0.15) is 0 Å². The molecule has 4 aliphatic rings. The van der Waals surface area contributed by atoms with Crippen molar-refractivity contribution in [1.82, 2.24) is 26.8 Å². The zero-order chi connectivity index (χ0) is 21.1. The lowest BCUT2D eigenvalue weighted by Crippen LogP contribution is -2.53. The molecule has 0 aromatic carbocycles. The first-order valence-corrected chi connectivity index (χ1v) is 13.3. The van der Waals surface area contributed by atoms with Gasteiger partial charge in [0.05, 0.1) is 15.7 Å². The summed E-state index contributed by atoms with van der Waals surface area (Å²) in [7, 11) is 0.